The van der Waals surface area contributed by atoms with Gasteiger partial charge in [-0.1, -0.05) is 13.3 Å². The first-order valence-corrected chi connectivity index (χ1v) is 9.73. The quantitative estimate of drug-likeness (QED) is 0.746. The summed E-state index contributed by atoms with van der Waals surface area (Å²) in [6.07, 6.45) is 1.94. The summed E-state index contributed by atoms with van der Waals surface area (Å²) in [6, 6.07) is 3.61. The first kappa shape index (κ1) is 18.2. The van der Waals surface area contributed by atoms with Crippen LogP contribution in [0.25, 0.3) is 0 Å². The van der Waals surface area contributed by atoms with Gasteiger partial charge in [-0.25, -0.2) is 8.42 Å². The van der Waals surface area contributed by atoms with E-state index in [1.54, 1.807) is 10.4 Å². The second-order valence-electron chi connectivity index (χ2n) is 6.29. The van der Waals surface area contributed by atoms with Crippen LogP contribution in [0.15, 0.2) is 17.0 Å². The molecule has 0 N–H and O–H groups in total. The first-order chi connectivity index (χ1) is 10.9. The first-order valence-electron chi connectivity index (χ1n) is 8.29. The van der Waals surface area contributed by atoms with Crippen molar-refractivity contribution in [2.75, 3.05) is 39.8 Å². The van der Waals surface area contributed by atoms with Gasteiger partial charge in [0.15, 0.2) is 0 Å². The fourth-order valence-electron chi connectivity index (χ4n) is 2.57. The highest BCUT2D eigenvalue weighted by atomic mass is 32.2. The van der Waals surface area contributed by atoms with Gasteiger partial charge in [-0.2, -0.15) is 4.31 Å². The van der Waals surface area contributed by atoms with E-state index in [0.29, 0.717) is 30.3 Å². The Morgan fingerprint density at radius 3 is 2.30 bits per heavy atom. The molecule has 1 saturated heterocycles. The number of ether oxygens (including phenoxy) is 1. The van der Waals surface area contributed by atoms with E-state index in [-0.39, 0.29) is 0 Å². The van der Waals surface area contributed by atoms with Crippen LogP contribution in [0.5, 0.6) is 5.75 Å². The summed E-state index contributed by atoms with van der Waals surface area (Å²) in [4.78, 5) is 2.45. The van der Waals surface area contributed by atoms with Crippen LogP contribution in [0.1, 0.15) is 30.9 Å². The van der Waals surface area contributed by atoms with E-state index in [1.165, 1.54) is 0 Å². The number of aryl methyl sites for hydroxylation is 2. The smallest absolute Gasteiger partial charge is 0.246 e. The minimum atomic E-state index is -3.51. The Hall–Kier alpha value is -1.11. The van der Waals surface area contributed by atoms with Gasteiger partial charge < -0.3 is 9.64 Å². The van der Waals surface area contributed by atoms with Crippen molar-refractivity contribution in [1.29, 1.82) is 0 Å². The van der Waals surface area contributed by atoms with Gasteiger partial charge in [0.25, 0.3) is 0 Å². The van der Waals surface area contributed by atoms with Crippen molar-refractivity contribution in [3.8, 4) is 5.75 Å². The molecular formula is C17H28N2O3S. The largest absolute Gasteiger partial charge is 0.492 e. The van der Waals surface area contributed by atoms with Crippen LogP contribution in [0, 0.1) is 13.8 Å². The Balaban J connectivity index is 2.33. The lowest BCUT2D eigenvalue weighted by Crippen LogP contribution is -2.47. The van der Waals surface area contributed by atoms with Crippen LogP contribution in [-0.2, 0) is 10.0 Å². The van der Waals surface area contributed by atoms with E-state index in [4.69, 9.17) is 4.74 Å². The second-order valence-corrected chi connectivity index (χ2v) is 8.20. The van der Waals surface area contributed by atoms with Gasteiger partial charge in [-0.3, -0.25) is 0 Å². The van der Waals surface area contributed by atoms with Crippen molar-refractivity contribution in [3.05, 3.63) is 23.3 Å². The lowest BCUT2D eigenvalue weighted by molar-refractivity contribution is 0.221. The lowest BCUT2D eigenvalue weighted by atomic mass is 10.1. The summed E-state index contributed by atoms with van der Waals surface area (Å²) in [6.45, 7) is 9.13. The Labute approximate surface area is 140 Å². The molecular weight excluding hydrogens is 312 g/mol. The maximum absolute atomic E-state index is 13.0. The van der Waals surface area contributed by atoms with Crippen molar-refractivity contribution in [2.24, 2.45) is 0 Å². The van der Waals surface area contributed by atoms with E-state index in [0.717, 1.165) is 37.1 Å². The zero-order valence-corrected chi connectivity index (χ0v) is 15.4. The van der Waals surface area contributed by atoms with Gasteiger partial charge in [-0.05, 0) is 50.6 Å². The predicted molar refractivity (Wildman–Crippen MR) is 92.6 cm³/mol. The predicted octanol–water partition coefficient (Wildman–Crippen LogP) is 2.42. The number of unbranched alkanes of at least 4 members (excludes halogenated alkanes) is 1. The molecule has 0 saturated carbocycles. The number of nitrogens with zero attached hydrogens (tertiary/aromatic N) is 2. The summed E-state index contributed by atoms with van der Waals surface area (Å²) in [7, 11) is -1.50. The zero-order valence-electron chi connectivity index (χ0n) is 14.6. The summed E-state index contributed by atoms with van der Waals surface area (Å²) in [5, 5.41) is 0. The third-order valence-electron chi connectivity index (χ3n) is 4.40. The SMILES string of the molecule is CCCCOc1cc(C)c(C)cc1S(=O)(=O)N1CCN(C)CC1. The Morgan fingerprint density at radius 1 is 1.09 bits per heavy atom. The number of hydrogen-bond acceptors (Lipinski definition) is 4. The molecule has 0 bridgehead atoms. The third-order valence-corrected chi connectivity index (χ3v) is 6.32. The van der Waals surface area contributed by atoms with E-state index in [2.05, 4.69) is 11.8 Å². The Bertz CT molecular complexity index is 635. The van der Waals surface area contributed by atoms with Crippen LogP contribution in [-0.4, -0.2) is 57.5 Å². The van der Waals surface area contributed by atoms with E-state index in [1.807, 2.05) is 27.0 Å². The number of hydrogen-bond donors (Lipinski definition) is 0. The van der Waals surface area contributed by atoms with E-state index in [9.17, 15) is 8.42 Å². The number of likely N-dealkylation sites (N-methyl/N-ethyl adjacent to an activating group) is 1. The van der Waals surface area contributed by atoms with Gasteiger partial charge in [0.05, 0.1) is 6.61 Å². The fraction of sp³-hybridized carbons (Fsp3) is 0.647. The van der Waals surface area contributed by atoms with E-state index < -0.39 is 10.0 Å². The minimum absolute atomic E-state index is 0.307. The molecule has 1 fully saturated rings. The van der Waals surface area contributed by atoms with Gasteiger partial charge >= 0.3 is 0 Å². The highest BCUT2D eigenvalue weighted by molar-refractivity contribution is 7.89. The molecule has 2 rings (SSSR count). The maximum atomic E-state index is 13.0. The van der Waals surface area contributed by atoms with Crippen molar-refractivity contribution < 1.29 is 13.2 Å². The average Bonchev–Trinajstić information content (AvgIpc) is 2.51. The maximum Gasteiger partial charge on any atom is 0.246 e. The van der Waals surface area contributed by atoms with Crippen LogP contribution in [0.2, 0.25) is 0 Å². The van der Waals surface area contributed by atoms with Crippen LogP contribution >= 0.6 is 0 Å². The normalized spacial score (nSPS) is 17.4. The molecule has 0 atom stereocenters. The van der Waals surface area contributed by atoms with Gasteiger partial charge in [0, 0.05) is 26.2 Å². The molecule has 0 unspecified atom stereocenters. The van der Waals surface area contributed by atoms with Crippen molar-refractivity contribution in [3.63, 3.8) is 0 Å². The molecule has 1 aliphatic rings. The van der Waals surface area contributed by atoms with Crippen LogP contribution < -0.4 is 4.74 Å². The number of piperazine rings is 1. The number of sulfonamides is 1. The summed E-state index contributed by atoms with van der Waals surface area (Å²) in [5.74, 6) is 0.487. The molecule has 0 spiro atoms. The molecule has 1 aromatic carbocycles. The molecule has 0 aromatic heterocycles. The summed E-state index contributed by atoms with van der Waals surface area (Å²) < 4.78 is 33.4. The summed E-state index contributed by atoms with van der Waals surface area (Å²) in [5.41, 5.74) is 2.02. The molecule has 0 aliphatic carbocycles. The fourth-order valence-corrected chi connectivity index (χ4v) is 4.19. The molecule has 0 radical (unpaired) electrons. The molecule has 5 nitrogen and oxygen atoms in total. The average molecular weight is 340 g/mol. The minimum Gasteiger partial charge on any atom is -0.492 e. The van der Waals surface area contributed by atoms with Crippen molar-refractivity contribution >= 4 is 10.0 Å². The topological polar surface area (TPSA) is 49.9 Å². The third kappa shape index (κ3) is 4.25. The number of rotatable bonds is 6. The standard InChI is InChI=1S/C17H28N2O3S/c1-5-6-11-22-16-12-14(2)15(3)13-17(16)23(20,21)19-9-7-18(4)8-10-19/h12-13H,5-11H2,1-4H3. The molecule has 130 valence electrons. The highest BCUT2D eigenvalue weighted by Crippen LogP contribution is 2.30. The number of benzene rings is 1. The molecule has 1 aliphatic heterocycles. The molecule has 6 heteroatoms. The highest BCUT2D eigenvalue weighted by Gasteiger charge is 2.30. The van der Waals surface area contributed by atoms with Gasteiger partial charge in [0.1, 0.15) is 10.6 Å². The molecule has 1 heterocycles. The lowest BCUT2D eigenvalue weighted by Gasteiger charge is -2.32. The van der Waals surface area contributed by atoms with Crippen LogP contribution in [0.4, 0.5) is 0 Å². The Morgan fingerprint density at radius 2 is 1.70 bits per heavy atom. The molecule has 23 heavy (non-hydrogen) atoms. The van der Waals surface area contributed by atoms with E-state index >= 15 is 0 Å². The van der Waals surface area contributed by atoms with Gasteiger partial charge in [0.2, 0.25) is 10.0 Å². The monoisotopic (exact) mass is 340 g/mol. The van der Waals surface area contributed by atoms with Crippen LogP contribution in [0.3, 0.4) is 0 Å². The van der Waals surface area contributed by atoms with Gasteiger partial charge in [-0.15, -0.1) is 0 Å². The Kier molecular flexibility index (Phi) is 6.06. The zero-order chi connectivity index (χ0) is 17.0. The van der Waals surface area contributed by atoms with Crippen molar-refractivity contribution in [1.82, 2.24) is 9.21 Å². The summed E-state index contributed by atoms with van der Waals surface area (Å²) >= 11 is 0. The van der Waals surface area contributed by atoms with Crippen molar-refractivity contribution in [2.45, 2.75) is 38.5 Å². The second kappa shape index (κ2) is 7.64. The molecule has 1 aromatic rings. The molecule has 0 amide bonds.